The summed E-state index contributed by atoms with van der Waals surface area (Å²) in [5.74, 6) is -2.58. The van der Waals surface area contributed by atoms with Crippen LogP contribution in [0.3, 0.4) is 0 Å². The third-order valence-electron chi connectivity index (χ3n) is 6.21. The topological polar surface area (TPSA) is 126 Å². The van der Waals surface area contributed by atoms with Gasteiger partial charge in [0.1, 0.15) is 22.6 Å². The summed E-state index contributed by atoms with van der Waals surface area (Å²) in [6.45, 7) is 18.7. The van der Waals surface area contributed by atoms with Crippen molar-refractivity contribution >= 4 is 23.6 Å². The molecular weight excluding hydrogens is 560 g/mol. The first-order valence-corrected chi connectivity index (χ1v) is 15.2. The summed E-state index contributed by atoms with van der Waals surface area (Å²) in [4.78, 5) is 40.2. The van der Waals surface area contributed by atoms with E-state index in [4.69, 9.17) is 24.7 Å². The molecule has 0 saturated heterocycles. The summed E-state index contributed by atoms with van der Waals surface area (Å²) in [5.41, 5.74) is 4.58. The Labute approximate surface area is 263 Å². The number of carbonyl (C=O) groups excluding carboxylic acids is 3. The van der Waals surface area contributed by atoms with Crippen LogP contribution in [0.25, 0.3) is 0 Å². The molecule has 0 aliphatic carbocycles. The van der Waals surface area contributed by atoms with Crippen LogP contribution in [-0.2, 0) is 35.0 Å². The van der Waals surface area contributed by atoms with Crippen LogP contribution >= 0.6 is 0 Å². The number of aryl methyl sites for hydroxylation is 1. The summed E-state index contributed by atoms with van der Waals surface area (Å²) in [6.07, 6.45) is 0.640. The maximum absolute atomic E-state index is 13.4. The SMILES string of the molecule is Cc1ccc(OCCCNc2ccc(CC(CC(N)(C(=O)OC(C)(C)C)C(=O)OC(C)(C)C)C(=O)OC(C)(C)C)cc2)cc1. The van der Waals surface area contributed by atoms with Gasteiger partial charge in [0, 0.05) is 18.7 Å². The molecule has 0 amide bonds. The minimum atomic E-state index is -2.23. The van der Waals surface area contributed by atoms with Gasteiger partial charge in [0.15, 0.2) is 0 Å². The lowest BCUT2D eigenvalue weighted by atomic mass is 9.84. The predicted molar refractivity (Wildman–Crippen MR) is 172 cm³/mol. The summed E-state index contributed by atoms with van der Waals surface area (Å²) in [6, 6.07) is 15.6. The molecule has 2 rings (SSSR count). The number of carbonyl (C=O) groups is 3. The standard InChI is InChI=1S/C35H52N2O7/c1-24-12-18-28(19-13-24)41-21-11-20-37-27-16-14-25(15-17-27)22-26(29(38)42-32(2,3)4)23-35(36,30(39)43-33(5,6)7)31(40)44-34(8,9)10/h12-19,26,37H,11,20-23,36H2,1-10H3. The molecule has 0 heterocycles. The van der Waals surface area contributed by atoms with Crippen molar-refractivity contribution < 1.29 is 33.3 Å². The van der Waals surface area contributed by atoms with E-state index in [1.807, 2.05) is 55.5 Å². The van der Waals surface area contributed by atoms with E-state index in [1.165, 1.54) is 5.56 Å². The quantitative estimate of drug-likeness (QED) is 0.119. The van der Waals surface area contributed by atoms with E-state index in [9.17, 15) is 14.4 Å². The Bertz CT molecular complexity index is 1210. The molecule has 244 valence electrons. The number of hydrogen-bond donors (Lipinski definition) is 2. The summed E-state index contributed by atoms with van der Waals surface area (Å²) in [7, 11) is 0. The Hall–Kier alpha value is -3.59. The maximum atomic E-state index is 13.4. The Morgan fingerprint density at radius 2 is 1.25 bits per heavy atom. The molecule has 0 fully saturated rings. The molecule has 0 radical (unpaired) electrons. The van der Waals surface area contributed by atoms with E-state index in [0.29, 0.717) is 13.2 Å². The summed E-state index contributed by atoms with van der Waals surface area (Å²) in [5, 5.41) is 3.37. The fourth-order valence-electron chi connectivity index (χ4n) is 4.17. The predicted octanol–water partition coefficient (Wildman–Crippen LogP) is 6.15. The molecule has 1 unspecified atom stereocenters. The average molecular weight is 613 g/mol. The molecule has 0 bridgehead atoms. The molecule has 9 heteroatoms. The molecule has 0 aliphatic rings. The first-order valence-electron chi connectivity index (χ1n) is 15.2. The van der Waals surface area contributed by atoms with Crippen LogP contribution in [-0.4, -0.2) is 53.4 Å². The number of esters is 3. The van der Waals surface area contributed by atoms with E-state index >= 15 is 0 Å². The van der Waals surface area contributed by atoms with E-state index in [-0.39, 0.29) is 12.8 Å². The van der Waals surface area contributed by atoms with Crippen LogP contribution in [0.4, 0.5) is 5.69 Å². The lowest BCUT2D eigenvalue weighted by Crippen LogP contribution is -2.60. The molecule has 44 heavy (non-hydrogen) atoms. The Morgan fingerprint density at radius 1 is 0.750 bits per heavy atom. The molecule has 0 saturated carbocycles. The van der Waals surface area contributed by atoms with Crippen molar-refractivity contribution in [2.75, 3.05) is 18.5 Å². The van der Waals surface area contributed by atoms with Crippen LogP contribution in [0.1, 0.15) is 86.3 Å². The minimum absolute atomic E-state index is 0.185. The Balaban J connectivity index is 2.18. The highest BCUT2D eigenvalue weighted by Crippen LogP contribution is 2.28. The normalized spacial score (nSPS) is 13.1. The van der Waals surface area contributed by atoms with Gasteiger partial charge < -0.3 is 30.0 Å². The van der Waals surface area contributed by atoms with Gasteiger partial charge in [-0.2, -0.15) is 0 Å². The van der Waals surface area contributed by atoms with Crippen LogP contribution in [0, 0.1) is 12.8 Å². The van der Waals surface area contributed by atoms with E-state index in [0.717, 1.165) is 23.4 Å². The highest BCUT2D eigenvalue weighted by molar-refractivity contribution is 6.05. The maximum Gasteiger partial charge on any atom is 0.338 e. The number of anilines is 1. The first kappa shape index (κ1) is 36.6. The summed E-state index contributed by atoms with van der Waals surface area (Å²) < 4.78 is 22.6. The van der Waals surface area contributed by atoms with Crippen LogP contribution < -0.4 is 15.8 Å². The monoisotopic (exact) mass is 612 g/mol. The Kier molecular flexibility index (Phi) is 12.4. The minimum Gasteiger partial charge on any atom is -0.494 e. The molecule has 2 aromatic carbocycles. The molecule has 0 aromatic heterocycles. The second-order valence-electron chi connectivity index (χ2n) is 14.3. The Morgan fingerprint density at radius 3 is 1.73 bits per heavy atom. The van der Waals surface area contributed by atoms with E-state index in [2.05, 4.69) is 5.32 Å². The molecule has 0 spiro atoms. The van der Waals surface area contributed by atoms with Crippen molar-refractivity contribution in [1.29, 1.82) is 0 Å². The van der Waals surface area contributed by atoms with Crippen molar-refractivity contribution in [1.82, 2.24) is 0 Å². The van der Waals surface area contributed by atoms with Crippen molar-refractivity contribution in [3.05, 3.63) is 59.7 Å². The third kappa shape index (κ3) is 13.0. The van der Waals surface area contributed by atoms with E-state index < -0.39 is 46.2 Å². The van der Waals surface area contributed by atoms with Gasteiger partial charge in [0.25, 0.3) is 0 Å². The van der Waals surface area contributed by atoms with Crippen LogP contribution in [0.5, 0.6) is 5.75 Å². The lowest BCUT2D eigenvalue weighted by Gasteiger charge is -2.34. The van der Waals surface area contributed by atoms with E-state index in [1.54, 1.807) is 62.3 Å². The zero-order valence-electron chi connectivity index (χ0n) is 28.2. The lowest BCUT2D eigenvalue weighted by molar-refractivity contribution is -0.179. The zero-order chi connectivity index (χ0) is 33.3. The number of nitrogens with one attached hydrogen (secondary N) is 1. The highest BCUT2D eigenvalue weighted by atomic mass is 16.6. The van der Waals surface area contributed by atoms with Gasteiger partial charge in [-0.1, -0.05) is 29.8 Å². The zero-order valence-corrected chi connectivity index (χ0v) is 28.2. The molecule has 1 atom stereocenters. The second kappa shape index (κ2) is 14.9. The van der Waals surface area contributed by atoms with Crippen molar-refractivity contribution in [3.8, 4) is 5.75 Å². The summed E-state index contributed by atoms with van der Waals surface area (Å²) >= 11 is 0. The van der Waals surface area contributed by atoms with Crippen LogP contribution in [0.15, 0.2) is 48.5 Å². The molecule has 3 N–H and O–H groups in total. The van der Waals surface area contributed by atoms with Gasteiger partial charge in [-0.3, -0.25) is 4.79 Å². The van der Waals surface area contributed by atoms with Gasteiger partial charge >= 0.3 is 17.9 Å². The number of rotatable bonds is 13. The van der Waals surface area contributed by atoms with Crippen LogP contribution in [0.2, 0.25) is 0 Å². The van der Waals surface area contributed by atoms with Crippen molar-refractivity contribution in [2.24, 2.45) is 11.7 Å². The van der Waals surface area contributed by atoms with Gasteiger partial charge in [0.05, 0.1) is 12.5 Å². The average Bonchev–Trinajstić information content (AvgIpc) is 2.87. The first-order chi connectivity index (χ1) is 20.2. The molecule has 9 nitrogen and oxygen atoms in total. The second-order valence-corrected chi connectivity index (χ2v) is 14.3. The fourth-order valence-corrected chi connectivity index (χ4v) is 4.17. The largest absolute Gasteiger partial charge is 0.494 e. The van der Waals surface area contributed by atoms with Crippen molar-refractivity contribution in [3.63, 3.8) is 0 Å². The number of benzene rings is 2. The number of ether oxygens (including phenoxy) is 4. The van der Waals surface area contributed by atoms with Gasteiger partial charge in [-0.05, 0) is 112 Å². The van der Waals surface area contributed by atoms with Crippen molar-refractivity contribution in [2.45, 2.75) is 111 Å². The molecule has 0 aliphatic heterocycles. The number of hydrogen-bond acceptors (Lipinski definition) is 9. The van der Waals surface area contributed by atoms with Gasteiger partial charge in [0.2, 0.25) is 5.54 Å². The molecule has 2 aromatic rings. The van der Waals surface area contributed by atoms with Gasteiger partial charge in [-0.15, -0.1) is 0 Å². The molecular formula is C35H52N2O7. The van der Waals surface area contributed by atoms with Gasteiger partial charge in [-0.25, -0.2) is 9.59 Å². The fraction of sp³-hybridized carbons (Fsp3) is 0.571. The highest BCUT2D eigenvalue weighted by Gasteiger charge is 2.51. The third-order valence-corrected chi connectivity index (χ3v) is 6.21. The number of nitrogens with two attached hydrogens (primary N) is 1. The smallest absolute Gasteiger partial charge is 0.338 e.